The number of rotatable bonds is 6. The summed E-state index contributed by atoms with van der Waals surface area (Å²) in [6.07, 6.45) is 4.84. The van der Waals surface area contributed by atoms with Crippen molar-refractivity contribution < 1.29 is 9.90 Å². The Morgan fingerprint density at radius 1 is 1.38 bits per heavy atom. The summed E-state index contributed by atoms with van der Waals surface area (Å²) >= 11 is 0. The fourth-order valence-corrected chi connectivity index (χ4v) is 0.978. The first-order valence-electron chi connectivity index (χ1n) is 4.59. The summed E-state index contributed by atoms with van der Waals surface area (Å²) in [5, 5.41) is 8.55. The van der Waals surface area contributed by atoms with E-state index < -0.39 is 5.97 Å². The zero-order valence-corrected chi connectivity index (χ0v) is 8.71. The lowest BCUT2D eigenvalue weighted by Gasteiger charge is -2.07. The number of nitrogens with zero attached hydrogens (tertiary/aromatic N) is 1. The molecule has 3 heteroatoms. The Hall–Kier alpha value is -0.830. The van der Waals surface area contributed by atoms with Gasteiger partial charge in [0.2, 0.25) is 0 Å². The fraction of sp³-hybridized carbons (Fsp3) is 0.700. The highest BCUT2D eigenvalue weighted by molar-refractivity contribution is 5.85. The number of allylic oxidation sites excluding steroid dienone is 1. The van der Waals surface area contributed by atoms with Crippen LogP contribution >= 0.6 is 0 Å². The highest BCUT2D eigenvalue weighted by atomic mass is 16.4. The molecular weight excluding hydrogens is 166 g/mol. The van der Waals surface area contributed by atoms with Crippen LogP contribution in [0, 0.1) is 0 Å². The summed E-state index contributed by atoms with van der Waals surface area (Å²) < 4.78 is 0. The molecular formula is C10H19NO2. The summed E-state index contributed by atoms with van der Waals surface area (Å²) in [4.78, 5) is 12.5. The SMILES string of the molecule is CC(=CCCCCN(C)C)C(=O)O. The zero-order chi connectivity index (χ0) is 10.3. The van der Waals surface area contributed by atoms with Crippen LogP contribution in [-0.4, -0.2) is 36.6 Å². The second kappa shape index (κ2) is 6.66. The lowest BCUT2D eigenvalue weighted by Crippen LogP contribution is -2.12. The number of carboxylic acid groups (broad SMARTS) is 1. The number of aliphatic carboxylic acids is 1. The van der Waals surface area contributed by atoms with E-state index in [9.17, 15) is 4.79 Å². The molecule has 0 atom stereocenters. The Labute approximate surface area is 80.0 Å². The normalized spacial score (nSPS) is 12.2. The maximum atomic E-state index is 10.4. The molecule has 0 bridgehead atoms. The predicted octanol–water partition coefficient (Wildman–Crippen LogP) is 1.75. The van der Waals surface area contributed by atoms with E-state index in [1.807, 2.05) is 14.1 Å². The van der Waals surface area contributed by atoms with E-state index in [0.717, 1.165) is 25.8 Å². The minimum absolute atomic E-state index is 0.449. The second-order valence-electron chi connectivity index (χ2n) is 3.49. The highest BCUT2D eigenvalue weighted by Gasteiger charge is 1.97. The molecule has 0 aromatic carbocycles. The van der Waals surface area contributed by atoms with Gasteiger partial charge in [0.05, 0.1) is 0 Å². The number of hydrogen-bond donors (Lipinski definition) is 1. The van der Waals surface area contributed by atoms with Gasteiger partial charge in [-0.3, -0.25) is 0 Å². The highest BCUT2D eigenvalue weighted by Crippen LogP contribution is 2.01. The molecule has 0 saturated heterocycles. The van der Waals surface area contributed by atoms with Crippen molar-refractivity contribution in [2.24, 2.45) is 0 Å². The third kappa shape index (κ3) is 7.53. The third-order valence-corrected chi connectivity index (χ3v) is 1.85. The minimum Gasteiger partial charge on any atom is -0.478 e. The summed E-state index contributed by atoms with van der Waals surface area (Å²) in [7, 11) is 4.08. The van der Waals surface area contributed by atoms with Gasteiger partial charge < -0.3 is 10.0 Å². The van der Waals surface area contributed by atoms with E-state index in [4.69, 9.17) is 5.11 Å². The van der Waals surface area contributed by atoms with Gasteiger partial charge in [-0.25, -0.2) is 4.79 Å². The molecule has 0 unspecified atom stereocenters. The fourth-order valence-electron chi connectivity index (χ4n) is 0.978. The first-order valence-corrected chi connectivity index (χ1v) is 4.59. The van der Waals surface area contributed by atoms with E-state index in [1.54, 1.807) is 13.0 Å². The Morgan fingerprint density at radius 3 is 2.46 bits per heavy atom. The van der Waals surface area contributed by atoms with Crippen LogP contribution in [0.25, 0.3) is 0 Å². The molecule has 3 nitrogen and oxygen atoms in total. The average molecular weight is 185 g/mol. The topological polar surface area (TPSA) is 40.5 Å². The standard InChI is InChI=1S/C10H19NO2/c1-9(10(12)13)7-5-4-6-8-11(2)3/h7H,4-6,8H2,1-3H3,(H,12,13). The zero-order valence-electron chi connectivity index (χ0n) is 8.71. The number of carbonyl (C=O) groups is 1. The molecule has 0 aliphatic heterocycles. The van der Waals surface area contributed by atoms with E-state index in [2.05, 4.69) is 4.90 Å². The van der Waals surface area contributed by atoms with Crippen LogP contribution in [0.2, 0.25) is 0 Å². The van der Waals surface area contributed by atoms with Gasteiger partial charge in [-0.15, -0.1) is 0 Å². The van der Waals surface area contributed by atoms with Gasteiger partial charge in [-0.05, 0) is 46.8 Å². The molecule has 0 heterocycles. The molecule has 13 heavy (non-hydrogen) atoms. The quantitative estimate of drug-likeness (QED) is 0.506. The Kier molecular flexibility index (Phi) is 6.24. The van der Waals surface area contributed by atoms with E-state index in [-0.39, 0.29) is 0 Å². The second-order valence-corrected chi connectivity index (χ2v) is 3.49. The Bertz CT molecular complexity index is 185. The molecule has 0 fully saturated rings. The van der Waals surface area contributed by atoms with Crippen LogP contribution in [-0.2, 0) is 4.79 Å². The smallest absolute Gasteiger partial charge is 0.330 e. The van der Waals surface area contributed by atoms with Crippen molar-refractivity contribution in [3.05, 3.63) is 11.6 Å². The summed E-state index contributed by atoms with van der Waals surface area (Å²) in [5.41, 5.74) is 0.449. The summed E-state index contributed by atoms with van der Waals surface area (Å²) in [6, 6.07) is 0. The van der Waals surface area contributed by atoms with Crippen molar-refractivity contribution >= 4 is 5.97 Å². The van der Waals surface area contributed by atoms with Crippen molar-refractivity contribution in [1.29, 1.82) is 0 Å². The van der Waals surface area contributed by atoms with Crippen molar-refractivity contribution in [2.75, 3.05) is 20.6 Å². The van der Waals surface area contributed by atoms with Crippen LogP contribution in [0.4, 0.5) is 0 Å². The first-order chi connectivity index (χ1) is 6.04. The van der Waals surface area contributed by atoms with Gasteiger partial charge in [-0.2, -0.15) is 0 Å². The van der Waals surface area contributed by atoms with Gasteiger partial charge in [0.15, 0.2) is 0 Å². The van der Waals surface area contributed by atoms with Crippen molar-refractivity contribution in [3.8, 4) is 0 Å². The van der Waals surface area contributed by atoms with Crippen LogP contribution in [0.3, 0.4) is 0 Å². The molecule has 0 aromatic heterocycles. The van der Waals surface area contributed by atoms with Gasteiger partial charge in [0.1, 0.15) is 0 Å². The van der Waals surface area contributed by atoms with Crippen LogP contribution in [0.1, 0.15) is 26.2 Å². The maximum absolute atomic E-state index is 10.4. The average Bonchev–Trinajstić information content (AvgIpc) is 2.02. The molecule has 0 spiro atoms. The van der Waals surface area contributed by atoms with E-state index >= 15 is 0 Å². The predicted molar refractivity (Wildman–Crippen MR) is 53.8 cm³/mol. The third-order valence-electron chi connectivity index (χ3n) is 1.85. The lowest BCUT2D eigenvalue weighted by atomic mass is 10.2. The van der Waals surface area contributed by atoms with Crippen LogP contribution in [0.15, 0.2) is 11.6 Å². The molecule has 0 radical (unpaired) electrons. The molecule has 0 rings (SSSR count). The summed E-state index contributed by atoms with van der Waals surface area (Å²) in [5.74, 6) is -0.812. The molecule has 0 saturated carbocycles. The van der Waals surface area contributed by atoms with E-state index in [0.29, 0.717) is 5.57 Å². The number of carboxylic acids is 1. The molecule has 0 aliphatic carbocycles. The van der Waals surface area contributed by atoms with Crippen LogP contribution < -0.4 is 0 Å². The maximum Gasteiger partial charge on any atom is 0.330 e. The van der Waals surface area contributed by atoms with Gasteiger partial charge >= 0.3 is 5.97 Å². The van der Waals surface area contributed by atoms with Crippen molar-refractivity contribution in [3.63, 3.8) is 0 Å². The van der Waals surface area contributed by atoms with Crippen molar-refractivity contribution in [1.82, 2.24) is 4.90 Å². The molecule has 0 amide bonds. The Balaban J connectivity index is 3.45. The molecule has 0 aliphatic rings. The molecule has 1 N–H and O–H groups in total. The summed E-state index contributed by atoms with van der Waals surface area (Å²) in [6.45, 7) is 2.70. The van der Waals surface area contributed by atoms with Gasteiger partial charge in [0.25, 0.3) is 0 Å². The van der Waals surface area contributed by atoms with Crippen LogP contribution in [0.5, 0.6) is 0 Å². The molecule has 76 valence electrons. The minimum atomic E-state index is -0.812. The number of unbranched alkanes of at least 4 members (excludes halogenated alkanes) is 2. The van der Waals surface area contributed by atoms with Gasteiger partial charge in [-0.1, -0.05) is 6.08 Å². The van der Waals surface area contributed by atoms with Crippen molar-refractivity contribution in [2.45, 2.75) is 26.2 Å². The Morgan fingerprint density at radius 2 is 2.00 bits per heavy atom. The van der Waals surface area contributed by atoms with Gasteiger partial charge in [0, 0.05) is 5.57 Å². The lowest BCUT2D eigenvalue weighted by molar-refractivity contribution is -0.132. The van der Waals surface area contributed by atoms with E-state index in [1.165, 1.54) is 0 Å². The monoisotopic (exact) mass is 185 g/mol. The first kappa shape index (κ1) is 12.2. The molecule has 0 aromatic rings. The largest absolute Gasteiger partial charge is 0.478 e. The number of hydrogen-bond acceptors (Lipinski definition) is 2.